The van der Waals surface area contributed by atoms with E-state index in [0.29, 0.717) is 6.54 Å². The monoisotopic (exact) mass is 144 g/mol. The van der Waals surface area contributed by atoms with Gasteiger partial charge in [0, 0.05) is 6.04 Å². The first-order valence-corrected chi connectivity index (χ1v) is 3.89. The van der Waals surface area contributed by atoms with Crippen LogP contribution in [0.25, 0.3) is 0 Å². The van der Waals surface area contributed by atoms with Gasteiger partial charge in [-0.05, 0) is 25.3 Å². The van der Waals surface area contributed by atoms with Crippen LogP contribution in [0.3, 0.4) is 0 Å². The standard InChI is InChI=1S/C7H16N2O/c8-4-5-2-1-3-6(9)7(5)10/h5-7,10H,1-4,8-9H2. The Balaban J connectivity index is 2.42. The van der Waals surface area contributed by atoms with Crippen LogP contribution in [0.15, 0.2) is 0 Å². The molecule has 3 nitrogen and oxygen atoms in total. The minimum absolute atomic E-state index is 0.0395. The molecule has 1 rings (SSSR count). The third kappa shape index (κ3) is 1.48. The number of rotatable bonds is 1. The fraction of sp³-hybridized carbons (Fsp3) is 1.00. The van der Waals surface area contributed by atoms with Crippen LogP contribution in [0.2, 0.25) is 0 Å². The third-order valence-electron chi connectivity index (χ3n) is 2.34. The molecule has 0 amide bonds. The van der Waals surface area contributed by atoms with Crippen molar-refractivity contribution in [1.82, 2.24) is 0 Å². The van der Waals surface area contributed by atoms with Crippen molar-refractivity contribution in [3.63, 3.8) is 0 Å². The summed E-state index contributed by atoms with van der Waals surface area (Å²) in [6.45, 7) is 0.564. The Morgan fingerprint density at radius 1 is 1.40 bits per heavy atom. The van der Waals surface area contributed by atoms with E-state index in [4.69, 9.17) is 11.5 Å². The van der Waals surface area contributed by atoms with Gasteiger partial charge < -0.3 is 16.6 Å². The van der Waals surface area contributed by atoms with Crippen LogP contribution in [-0.2, 0) is 0 Å². The highest BCUT2D eigenvalue weighted by atomic mass is 16.3. The molecule has 3 heteroatoms. The number of aliphatic hydroxyl groups excluding tert-OH is 1. The van der Waals surface area contributed by atoms with Crippen LogP contribution in [0, 0.1) is 5.92 Å². The Bertz CT molecular complexity index is 108. The number of hydrogen-bond donors (Lipinski definition) is 3. The van der Waals surface area contributed by atoms with Crippen LogP contribution in [0.1, 0.15) is 19.3 Å². The molecule has 0 radical (unpaired) electrons. The Kier molecular flexibility index (Phi) is 2.65. The molecule has 1 aliphatic rings. The van der Waals surface area contributed by atoms with Crippen LogP contribution in [0.4, 0.5) is 0 Å². The highest BCUT2D eigenvalue weighted by Gasteiger charge is 2.27. The van der Waals surface area contributed by atoms with Gasteiger partial charge in [-0.25, -0.2) is 0 Å². The highest BCUT2D eigenvalue weighted by Crippen LogP contribution is 2.22. The summed E-state index contributed by atoms with van der Waals surface area (Å²) in [6.07, 6.45) is 2.72. The van der Waals surface area contributed by atoms with Gasteiger partial charge in [0.2, 0.25) is 0 Å². The van der Waals surface area contributed by atoms with E-state index >= 15 is 0 Å². The Hall–Kier alpha value is -0.120. The lowest BCUT2D eigenvalue weighted by molar-refractivity contribution is 0.0555. The number of hydrogen-bond acceptors (Lipinski definition) is 3. The fourth-order valence-electron chi connectivity index (χ4n) is 1.56. The van der Waals surface area contributed by atoms with E-state index in [-0.39, 0.29) is 18.1 Å². The van der Waals surface area contributed by atoms with E-state index in [1.165, 1.54) is 0 Å². The van der Waals surface area contributed by atoms with Crippen molar-refractivity contribution in [2.24, 2.45) is 17.4 Å². The van der Waals surface area contributed by atoms with Crippen molar-refractivity contribution < 1.29 is 5.11 Å². The molecular formula is C7H16N2O. The number of aliphatic hydroxyl groups is 1. The Labute approximate surface area is 61.4 Å². The first kappa shape index (κ1) is 7.98. The average Bonchev–Trinajstić information content (AvgIpc) is 1.95. The van der Waals surface area contributed by atoms with Crippen molar-refractivity contribution in [2.45, 2.75) is 31.4 Å². The second-order valence-electron chi connectivity index (χ2n) is 3.08. The zero-order valence-electron chi connectivity index (χ0n) is 6.16. The van der Waals surface area contributed by atoms with E-state index in [1.54, 1.807) is 0 Å². The van der Waals surface area contributed by atoms with Crippen molar-refractivity contribution in [3.8, 4) is 0 Å². The summed E-state index contributed by atoms with van der Waals surface area (Å²) in [7, 11) is 0. The van der Waals surface area contributed by atoms with E-state index < -0.39 is 0 Å². The third-order valence-corrected chi connectivity index (χ3v) is 2.34. The molecule has 0 heterocycles. The molecule has 1 aliphatic carbocycles. The lowest BCUT2D eigenvalue weighted by atomic mass is 9.83. The smallest absolute Gasteiger partial charge is 0.0731 e. The van der Waals surface area contributed by atoms with E-state index in [1.807, 2.05) is 0 Å². The molecule has 60 valence electrons. The van der Waals surface area contributed by atoms with Gasteiger partial charge in [0.05, 0.1) is 6.10 Å². The maximum Gasteiger partial charge on any atom is 0.0731 e. The van der Waals surface area contributed by atoms with E-state index in [0.717, 1.165) is 19.3 Å². The summed E-state index contributed by atoms with van der Waals surface area (Å²) >= 11 is 0. The predicted octanol–water partition coefficient (Wildman–Crippen LogP) is -0.567. The second-order valence-corrected chi connectivity index (χ2v) is 3.08. The molecule has 3 unspecified atom stereocenters. The summed E-state index contributed by atoms with van der Waals surface area (Å²) < 4.78 is 0. The summed E-state index contributed by atoms with van der Waals surface area (Å²) in [5.74, 6) is 0.240. The van der Waals surface area contributed by atoms with Crippen LogP contribution in [-0.4, -0.2) is 23.8 Å². The van der Waals surface area contributed by atoms with Gasteiger partial charge in [-0.1, -0.05) is 6.42 Å². The van der Waals surface area contributed by atoms with Crippen LogP contribution < -0.4 is 11.5 Å². The van der Waals surface area contributed by atoms with Crippen molar-refractivity contribution in [1.29, 1.82) is 0 Å². The van der Waals surface area contributed by atoms with E-state index in [9.17, 15) is 5.11 Å². The average molecular weight is 144 g/mol. The molecule has 0 saturated heterocycles. The Morgan fingerprint density at radius 3 is 2.60 bits per heavy atom. The Morgan fingerprint density at radius 2 is 2.10 bits per heavy atom. The first-order chi connectivity index (χ1) is 4.75. The van der Waals surface area contributed by atoms with Crippen molar-refractivity contribution >= 4 is 0 Å². The highest BCUT2D eigenvalue weighted by molar-refractivity contribution is 4.84. The second kappa shape index (κ2) is 3.32. The molecule has 10 heavy (non-hydrogen) atoms. The van der Waals surface area contributed by atoms with Gasteiger partial charge in [-0.15, -0.1) is 0 Å². The minimum atomic E-state index is -0.362. The quantitative estimate of drug-likeness (QED) is 0.461. The van der Waals surface area contributed by atoms with Gasteiger partial charge in [0.1, 0.15) is 0 Å². The molecule has 5 N–H and O–H groups in total. The molecule has 0 aromatic rings. The van der Waals surface area contributed by atoms with Gasteiger partial charge in [-0.3, -0.25) is 0 Å². The molecular weight excluding hydrogens is 128 g/mol. The van der Waals surface area contributed by atoms with Crippen LogP contribution in [0.5, 0.6) is 0 Å². The number of nitrogens with two attached hydrogens (primary N) is 2. The minimum Gasteiger partial charge on any atom is -0.391 e. The molecule has 0 aliphatic heterocycles. The van der Waals surface area contributed by atoms with Gasteiger partial charge in [0.15, 0.2) is 0 Å². The SMILES string of the molecule is NCC1CCCC(N)C1O. The summed E-state index contributed by atoms with van der Waals surface area (Å²) in [4.78, 5) is 0. The maximum absolute atomic E-state index is 9.43. The molecule has 0 spiro atoms. The molecule has 0 aromatic carbocycles. The predicted molar refractivity (Wildman–Crippen MR) is 40.4 cm³/mol. The summed E-state index contributed by atoms with van der Waals surface area (Å²) in [6, 6.07) is -0.0395. The summed E-state index contributed by atoms with van der Waals surface area (Å²) in [5, 5.41) is 9.43. The largest absolute Gasteiger partial charge is 0.391 e. The fourth-order valence-corrected chi connectivity index (χ4v) is 1.56. The lowest BCUT2D eigenvalue weighted by Crippen LogP contribution is -2.45. The normalized spacial score (nSPS) is 41.7. The van der Waals surface area contributed by atoms with Crippen LogP contribution >= 0.6 is 0 Å². The molecule has 3 atom stereocenters. The molecule has 0 aromatic heterocycles. The maximum atomic E-state index is 9.43. The first-order valence-electron chi connectivity index (χ1n) is 3.89. The zero-order chi connectivity index (χ0) is 7.56. The van der Waals surface area contributed by atoms with Crippen molar-refractivity contribution in [3.05, 3.63) is 0 Å². The van der Waals surface area contributed by atoms with E-state index in [2.05, 4.69) is 0 Å². The van der Waals surface area contributed by atoms with Gasteiger partial charge in [0.25, 0.3) is 0 Å². The molecule has 1 saturated carbocycles. The van der Waals surface area contributed by atoms with Gasteiger partial charge in [-0.2, -0.15) is 0 Å². The molecule has 1 fully saturated rings. The van der Waals surface area contributed by atoms with Gasteiger partial charge >= 0.3 is 0 Å². The zero-order valence-corrected chi connectivity index (χ0v) is 6.16. The lowest BCUT2D eigenvalue weighted by Gasteiger charge is -2.31. The molecule has 0 bridgehead atoms. The summed E-state index contributed by atoms with van der Waals surface area (Å²) in [5.41, 5.74) is 11.1. The topological polar surface area (TPSA) is 72.3 Å². The van der Waals surface area contributed by atoms with Crippen molar-refractivity contribution in [2.75, 3.05) is 6.54 Å².